The molecule has 2 rings (SSSR count). The van der Waals surface area contributed by atoms with Crippen LogP contribution < -0.4 is 0 Å². The van der Waals surface area contributed by atoms with Gasteiger partial charge in [0.05, 0.1) is 0 Å². The molecule has 2 aromatic carbocycles. The number of hydrogen-bond acceptors (Lipinski definition) is 1. The summed E-state index contributed by atoms with van der Waals surface area (Å²) in [4.78, 5) is 12.7. The second-order valence-electron chi connectivity index (χ2n) is 6.97. The van der Waals surface area contributed by atoms with Crippen LogP contribution in [0.25, 0.3) is 11.1 Å². The molecule has 0 aliphatic heterocycles. The van der Waals surface area contributed by atoms with Gasteiger partial charge in [-0.05, 0) is 61.1 Å². The number of rotatable bonds is 8. The topological polar surface area (TPSA) is 17.1 Å². The normalized spacial score (nSPS) is 12.3. The zero-order chi connectivity index (χ0) is 18.9. The van der Waals surface area contributed by atoms with Crippen LogP contribution in [0, 0.1) is 13.8 Å². The third-order valence-corrected chi connectivity index (χ3v) is 4.52. The van der Waals surface area contributed by atoms with E-state index in [1.54, 1.807) is 0 Å². The Kier molecular flexibility index (Phi) is 7.59. The lowest BCUT2D eigenvalue weighted by Gasteiger charge is -2.08. The van der Waals surface area contributed by atoms with Gasteiger partial charge >= 0.3 is 0 Å². The molecule has 0 unspecified atom stereocenters. The Labute approximate surface area is 158 Å². The molecule has 26 heavy (non-hydrogen) atoms. The quantitative estimate of drug-likeness (QED) is 0.473. The van der Waals surface area contributed by atoms with Crippen molar-refractivity contribution >= 4 is 16.9 Å². The lowest BCUT2D eigenvalue weighted by atomic mass is 9.96. The van der Waals surface area contributed by atoms with Crippen molar-refractivity contribution in [1.82, 2.24) is 0 Å². The minimum Gasteiger partial charge on any atom is -0.290 e. The molecule has 0 saturated heterocycles. The number of carbonyl (C=O) groups excluding carboxylic acids is 1. The Morgan fingerprint density at radius 1 is 0.692 bits per heavy atom. The van der Waals surface area contributed by atoms with Crippen molar-refractivity contribution in [1.29, 1.82) is 0 Å². The summed E-state index contributed by atoms with van der Waals surface area (Å²) in [5, 5.41) is 0. The van der Waals surface area contributed by atoms with Gasteiger partial charge in [-0.25, -0.2) is 0 Å². The Morgan fingerprint density at radius 2 is 1.04 bits per heavy atom. The van der Waals surface area contributed by atoms with E-state index in [0.717, 1.165) is 48.0 Å². The van der Waals surface area contributed by atoms with E-state index >= 15 is 0 Å². The average Bonchev–Trinajstić information content (AvgIpc) is 2.62. The van der Waals surface area contributed by atoms with E-state index in [1.165, 1.54) is 11.1 Å². The predicted molar refractivity (Wildman–Crippen MR) is 113 cm³/mol. The Balaban J connectivity index is 2.32. The fourth-order valence-corrected chi connectivity index (χ4v) is 3.06. The zero-order valence-electron chi connectivity index (χ0n) is 16.5. The van der Waals surface area contributed by atoms with Gasteiger partial charge in [-0.3, -0.25) is 4.79 Å². The highest BCUT2D eigenvalue weighted by Crippen LogP contribution is 2.23. The van der Waals surface area contributed by atoms with E-state index < -0.39 is 0 Å². The molecule has 0 saturated carbocycles. The summed E-state index contributed by atoms with van der Waals surface area (Å²) in [5.41, 5.74) is 7.00. The van der Waals surface area contributed by atoms with Gasteiger partial charge in [0.2, 0.25) is 0 Å². The molecular formula is C25H30O. The maximum Gasteiger partial charge on any atom is 0.179 e. The first-order valence-corrected chi connectivity index (χ1v) is 9.62. The summed E-state index contributed by atoms with van der Waals surface area (Å²) >= 11 is 0. The second kappa shape index (κ2) is 9.91. The van der Waals surface area contributed by atoms with Crippen LogP contribution in [0.3, 0.4) is 0 Å². The van der Waals surface area contributed by atoms with E-state index in [0.29, 0.717) is 0 Å². The molecule has 1 heteroatoms. The summed E-state index contributed by atoms with van der Waals surface area (Å²) in [6.07, 6.45) is 7.51. The Hall–Kier alpha value is -2.41. The first kappa shape index (κ1) is 19.9. The first-order chi connectivity index (χ1) is 12.5. The van der Waals surface area contributed by atoms with Crippen LogP contribution in [0.4, 0.5) is 0 Å². The molecule has 0 radical (unpaired) electrons. The molecule has 0 aliphatic carbocycles. The smallest absolute Gasteiger partial charge is 0.179 e. The molecular weight excluding hydrogens is 316 g/mol. The number of hydrogen-bond donors (Lipinski definition) is 0. The van der Waals surface area contributed by atoms with Crippen LogP contribution in [-0.2, 0) is 4.79 Å². The fraction of sp³-hybridized carbons (Fsp3) is 0.320. The van der Waals surface area contributed by atoms with E-state index in [4.69, 9.17) is 0 Å². The van der Waals surface area contributed by atoms with Gasteiger partial charge in [0.15, 0.2) is 5.78 Å². The minimum atomic E-state index is 0.0815. The van der Waals surface area contributed by atoms with Gasteiger partial charge < -0.3 is 0 Å². The molecule has 2 aromatic rings. The molecule has 0 aliphatic rings. The van der Waals surface area contributed by atoms with Gasteiger partial charge in [0.25, 0.3) is 0 Å². The Bertz CT molecular complexity index is 706. The van der Waals surface area contributed by atoms with Crippen molar-refractivity contribution in [3.63, 3.8) is 0 Å². The van der Waals surface area contributed by atoms with Crippen molar-refractivity contribution in [3.8, 4) is 0 Å². The van der Waals surface area contributed by atoms with E-state index in [2.05, 4.69) is 76.2 Å². The highest BCUT2D eigenvalue weighted by Gasteiger charge is 2.06. The first-order valence-electron chi connectivity index (χ1n) is 9.62. The SMILES string of the molecule is CCCC(=CC(=O)C=C(CCC)c1ccc(C)cc1)c1ccc(C)cc1. The monoisotopic (exact) mass is 346 g/mol. The van der Waals surface area contributed by atoms with Crippen LogP contribution in [0.2, 0.25) is 0 Å². The lowest BCUT2D eigenvalue weighted by Crippen LogP contribution is -1.95. The molecule has 0 bridgehead atoms. The molecule has 0 N–H and O–H groups in total. The maximum absolute atomic E-state index is 12.7. The molecule has 0 fully saturated rings. The van der Waals surface area contributed by atoms with Crippen molar-refractivity contribution in [3.05, 3.63) is 82.9 Å². The third kappa shape index (κ3) is 5.84. The van der Waals surface area contributed by atoms with Gasteiger partial charge in [0.1, 0.15) is 0 Å². The van der Waals surface area contributed by atoms with Crippen LogP contribution >= 0.6 is 0 Å². The largest absolute Gasteiger partial charge is 0.290 e. The van der Waals surface area contributed by atoms with Crippen LogP contribution in [0.5, 0.6) is 0 Å². The molecule has 0 spiro atoms. The molecule has 0 atom stereocenters. The van der Waals surface area contributed by atoms with Gasteiger partial charge in [-0.15, -0.1) is 0 Å². The number of benzene rings is 2. The fourth-order valence-electron chi connectivity index (χ4n) is 3.06. The molecule has 1 nitrogen and oxygen atoms in total. The predicted octanol–water partition coefficient (Wildman–Crippen LogP) is 6.94. The molecule has 0 heterocycles. The number of carbonyl (C=O) groups is 1. The number of allylic oxidation sites excluding steroid dienone is 4. The summed E-state index contributed by atoms with van der Waals surface area (Å²) < 4.78 is 0. The van der Waals surface area contributed by atoms with Crippen LogP contribution in [-0.4, -0.2) is 5.78 Å². The summed E-state index contributed by atoms with van der Waals surface area (Å²) in [6, 6.07) is 16.9. The lowest BCUT2D eigenvalue weighted by molar-refractivity contribution is -0.110. The summed E-state index contributed by atoms with van der Waals surface area (Å²) in [6.45, 7) is 8.47. The standard InChI is InChI=1S/C25H30O/c1-5-7-23(21-13-9-19(3)10-14-21)17-25(26)18-24(8-6-2)22-15-11-20(4)12-16-22/h9-18H,5-8H2,1-4H3. The summed E-state index contributed by atoms with van der Waals surface area (Å²) in [7, 11) is 0. The highest BCUT2D eigenvalue weighted by atomic mass is 16.1. The summed E-state index contributed by atoms with van der Waals surface area (Å²) in [5.74, 6) is 0.0815. The molecule has 0 aromatic heterocycles. The van der Waals surface area contributed by atoms with Gasteiger partial charge in [0, 0.05) is 0 Å². The Morgan fingerprint density at radius 3 is 1.35 bits per heavy atom. The molecule has 136 valence electrons. The van der Waals surface area contributed by atoms with Crippen LogP contribution in [0.1, 0.15) is 61.8 Å². The number of ketones is 1. The second-order valence-corrected chi connectivity index (χ2v) is 6.97. The highest BCUT2D eigenvalue weighted by molar-refractivity contribution is 6.08. The van der Waals surface area contributed by atoms with Gasteiger partial charge in [-0.1, -0.05) is 86.3 Å². The van der Waals surface area contributed by atoms with E-state index in [9.17, 15) is 4.79 Å². The third-order valence-electron chi connectivity index (χ3n) is 4.52. The van der Waals surface area contributed by atoms with Crippen molar-refractivity contribution in [2.24, 2.45) is 0 Å². The van der Waals surface area contributed by atoms with Crippen LogP contribution in [0.15, 0.2) is 60.7 Å². The molecule has 0 amide bonds. The van der Waals surface area contributed by atoms with Gasteiger partial charge in [-0.2, -0.15) is 0 Å². The zero-order valence-corrected chi connectivity index (χ0v) is 16.5. The average molecular weight is 347 g/mol. The maximum atomic E-state index is 12.7. The van der Waals surface area contributed by atoms with Crippen molar-refractivity contribution < 1.29 is 4.79 Å². The van der Waals surface area contributed by atoms with E-state index in [1.807, 2.05) is 12.2 Å². The van der Waals surface area contributed by atoms with Crippen molar-refractivity contribution in [2.45, 2.75) is 53.4 Å². The van der Waals surface area contributed by atoms with E-state index in [-0.39, 0.29) is 5.78 Å². The minimum absolute atomic E-state index is 0.0815. The number of aryl methyl sites for hydroxylation is 2. The van der Waals surface area contributed by atoms with Crippen molar-refractivity contribution in [2.75, 3.05) is 0 Å².